The van der Waals surface area contributed by atoms with E-state index in [1.807, 2.05) is 26.8 Å². The number of aryl methyl sites for hydroxylation is 1. The molecule has 2 rings (SSSR count). The summed E-state index contributed by atoms with van der Waals surface area (Å²) in [7, 11) is 0. The van der Waals surface area contributed by atoms with Crippen LogP contribution in [0.2, 0.25) is 5.02 Å². The summed E-state index contributed by atoms with van der Waals surface area (Å²) < 4.78 is 5.65. The maximum absolute atomic E-state index is 12.7. The Balaban J connectivity index is 2.27. The molecule has 0 aliphatic carbocycles. The number of benzene rings is 1. The van der Waals surface area contributed by atoms with Gasteiger partial charge in [0.2, 0.25) is 0 Å². The zero-order valence-corrected chi connectivity index (χ0v) is 13.7. The molecule has 1 N–H and O–H groups in total. The lowest BCUT2D eigenvalue weighted by Crippen LogP contribution is -2.45. The maximum Gasteiger partial charge on any atom is 0.180 e. The number of nitrogens with one attached hydrogen (secondary N) is 1. The standard InChI is InChI=1S/C16H23ClN2O2/c1-4-21-14-9-11(2)16(17)12(3)15(14)13(20)10-19-7-5-18-6-8-19/h9,18H,4-8,10H2,1-3H3. The van der Waals surface area contributed by atoms with Crippen LogP contribution in [-0.2, 0) is 0 Å². The predicted molar refractivity (Wildman–Crippen MR) is 85.7 cm³/mol. The molecule has 1 aliphatic heterocycles. The van der Waals surface area contributed by atoms with Crippen LogP contribution < -0.4 is 10.1 Å². The minimum atomic E-state index is 0.0831. The number of Topliss-reactive ketones (excluding diaryl/α,β-unsaturated/α-hetero) is 1. The van der Waals surface area contributed by atoms with E-state index in [2.05, 4.69) is 10.2 Å². The fourth-order valence-corrected chi connectivity index (χ4v) is 2.84. The number of carbonyl (C=O) groups is 1. The lowest BCUT2D eigenvalue weighted by Gasteiger charge is -2.27. The van der Waals surface area contributed by atoms with Gasteiger partial charge < -0.3 is 10.1 Å². The van der Waals surface area contributed by atoms with Crippen molar-refractivity contribution >= 4 is 17.4 Å². The van der Waals surface area contributed by atoms with Crippen molar-refractivity contribution in [3.63, 3.8) is 0 Å². The Morgan fingerprint density at radius 3 is 2.67 bits per heavy atom. The van der Waals surface area contributed by atoms with Gasteiger partial charge in [-0.3, -0.25) is 9.69 Å². The second-order valence-electron chi connectivity index (χ2n) is 5.39. The maximum atomic E-state index is 12.7. The number of ether oxygens (including phenoxy) is 1. The molecule has 1 aromatic carbocycles. The largest absolute Gasteiger partial charge is 0.493 e. The summed E-state index contributed by atoms with van der Waals surface area (Å²) in [5, 5.41) is 3.94. The minimum absolute atomic E-state index is 0.0831. The van der Waals surface area contributed by atoms with E-state index in [1.165, 1.54) is 0 Å². The fourth-order valence-electron chi connectivity index (χ4n) is 2.69. The first kappa shape index (κ1) is 16.3. The summed E-state index contributed by atoms with van der Waals surface area (Å²) in [5.74, 6) is 0.733. The Morgan fingerprint density at radius 1 is 1.38 bits per heavy atom. The van der Waals surface area contributed by atoms with Crippen LogP contribution in [0.5, 0.6) is 5.75 Å². The molecule has 0 bridgehead atoms. The molecule has 5 heteroatoms. The Hall–Kier alpha value is -1.10. The van der Waals surface area contributed by atoms with Gasteiger partial charge in [-0.05, 0) is 38.0 Å². The predicted octanol–water partition coefficient (Wildman–Crippen LogP) is 2.44. The highest BCUT2D eigenvalue weighted by molar-refractivity contribution is 6.32. The molecular formula is C16H23ClN2O2. The van der Waals surface area contributed by atoms with E-state index in [0.29, 0.717) is 29.5 Å². The van der Waals surface area contributed by atoms with Gasteiger partial charge in [0.05, 0.1) is 18.7 Å². The van der Waals surface area contributed by atoms with Crippen molar-refractivity contribution in [2.45, 2.75) is 20.8 Å². The van der Waals surface area contributed by atoms with Crippen molar-refractivity contribution in [2.24, 2.45) is 0 Å². The summed E-state index contributed by atoms with van der Waals surface area (Å²) in [4.78, 5) is 14.9. The van der Waals surface area contributed by atoms with Gasteiger partial charge in [0, 0.05) is 31.2 Å². The topological polar surface area (TPSA) is 41.6 Å². The number of carbonyl (C=O) groups excluding carboxylic acids is 1. The molecule has 0 unspecified atom stereocenters. The van der Waals surface area contributed by atoms with Crippen LogP contribution in [0.3, 0.4) is 0 Å². The average Bonchev–Trinajstić information content (AvgIpc) is 2.46. The number of ketones is 1. The molecule has 4 nitrogen and oxygen atoms in total. The molecule has 1 saturated heterocycles. The van der Waals surface area contributed by atoms with E-state index in [-0.39, 0.29) is 5.78 Å². The van der Waals surface area contributed by atoms with E-state index < -0.39 is 0 Å². The van der Waals surface area contributed by atoms with Gasteiger partial charge in [0.1, 0.15) is 5.75 Å². The van der Waals surface area contributed by atoms with Gasteiger partial charge in [0.15, 0.2) is 5.78 Å². The molecular weight excluding hydrogens is 288 g/mol. The number of piperazine rings is 1. The SMILES string of the molecule is CCOc1cc(C)c(Cl)c(C)c1C(=O)CN1CCNCC1. The Labute approximate surface area is 131 Å². The van der Waals surface area contributed by atoms with Crippen LogP contribution in [0, 0.1) is 13.8 Å². The fraction of sp³-hybridized carbons (Fsp3) is 0.562. The number of rotatable bonds is 5. The van der Waals surface area contributed by atoms with Gasteiger partial charge in [-0.15, -0.1) is 0 Å². The van der Waals surface area contributed by atoms with Crippen LogP contribution in [-0.4, -0.2) is 50.0 Å². The molecule has 0 aromatic heterocycles. The number of halogens is 1. The van der Waals surface area contributed by atoms with Gasteiger partial charge in [-0.25, -0.2) is 0 Å². The van der Waals surface area contributed by atoms with Crippen molar-refractivity contribution in [2.75, 3.05) is 39.3 Å². The van der Waals surface area contributed by atoms with E-state index >= 15 is 0 Å². The van der Waals surface area contributed by atoms with E-state index in [0.717, 1.165) is 37.3 Å². The number of hydrogen-bond donors (Lipinski definition) is 1. The highest BCUT2D eigenvalue weighted by atomic mass is 35.5. The van der Waals surface area contributed by atoms with Crippen molar-refractivity contribution in [3.05, 3.63) is 27.8 Å². The highest BCUT2D eigenvalue weighted by Crippen LogP contribution is 2.32. The second-order valence-corrected chi connectivity index (χ2v) is 5.77. The highest BCUT2D eigenvalue weighted by Gasteiger charge is 2.22. The Bertz CT molecular complexity index is 525. The first-order valence-electron chi connectivity index (χ1n) is 7.43. The van der Waals surface area contributed by atoms with Gasteiger partial charge >= 0.3 is 0 Å². The first-order valence-corrected chi connectivity index (χ1v) is 7.81. The molecule has 0 saturated carbocycles. The van der Waals surface area contributed by atoms with E-state index in [1.54, 1.807) is 0 Å². The minimum Gasteiger partial charge on any atom is -0.493 e. The van der Waals surface area contributed by atoms with Crippen LogP contribution in [0.1, 0.15) is 28.4 Å². The molecule has 1 aromatic rings. The van der Waals surface area contributed by atoms with Crippen LogP contribution >= 0.6 is 11.6 Å². The summed E-state index contributed by atoms with van der Waals surface area (Å²) in [6.45, 7) is 10.4. The first-order chi connectivity index (χ1) is 10.0. The molecule has 0 spiro atoms. The summed E-state index contributed by atoms with van der Waals surface area (Å²) >= 11 is 6.31. The van der Waals surface area contributed by atoms with Crippen molar-refractivity contribution < 1.29 is 9.53 Å². The van der Waals surface area contributed by atoms with Crippen molar-refractivity contribution in [1.29, 1.82) is 0 Å². The zero-order valence-electron chi connectivity index (χ0n) is 13.0. The van der Waals surface area contributed by atoms with Crippen LogP contribution in [0.15, 0.2) is 6.07 Å². The molecule has 116 valence electrons. The second kappa shape index (κ2) is 7.25. The Morgan fingerprint density at radius 2 is 2.05 bits per heavy atom. The summed E-state index contributed by atoms with van der Waals surface area (Å²) in [6, 6.07) is 1.86. The summed E-state index contributed by atoms with van der Waals surface area (Å²) in [6.07, 6.45) is 0. The summed E-state index contributed by atoms with van der Waals surface area (Å²) in [5.41, 5.74) is 2.39. The van der Waals surface area contributed by atoms with Crippen LogP contribution in [0.4, 0.5) is 0 Å². The number of nitrogens with zero attached hydrogens (tertiary/aromatic N) is 1. The third-order valence-corrected chi connectivity index (χ3v) is 4.38. The third kappa shape index (κ3) is 3.76. The van der Waals surface area contributed by atoms with E-state index in [9.17, 15) is 4.79 Å². The van der Waals surface area contributed by atoms with Gasteiger partial charge in [0.25, 0.3) is 0 Å². The van der Waals surface area contributed by atoms with Crippen molar-refractivity contribution in [3.8, 4) is 5.75 Å². The monoisotopic (exact) mass is 310 g/mol. The van der Waals surface area contributed by atoms with Gasteiger partial charge in [-0.1, -0.05) is 11.6 Å². The van der Waals surface area contributed by atoms with E-state index in [4.69, 9.17) is 16.3 Å². The Kier molecular flexibility index (Phi) is 5.62. The molecule has 0 amide bonds. The molecule has 0 atom stereocenters. The quantitative estimate of drug-likeness (QED) is 0.848. The average molecular weight is 311 g/mol. The molecule has 21 heavy (non-hydrogen) atoms. The molecule has 1 aliphatic rings. The molecule has 0 radical (unpaired) electrons. The van der Waals surface area contributed by atoms with Crippen LogP contribution in [0.25, 0.3) is 0 Å². The number of hydrogen-bond acceptors (Lipinski definition) is 4. The zero-order chi connectivity index (χ0) is 15.4. The lowest BCUT2D eigenvalue weighted by molar-refractivity contribution is 0.0917. The smallest absolute Gasteiger partial charge is 0.180 e. The normalized spacial score (nSPS) is 16.0. The third-order valence-electron chi connectivity index (χ3n) is 3.80. The molecule has 1 heterocycles. The van der Waals surface area contributed by atoms with Gasteiger partial charge in [-0.2, -0.15) is 0 Å². The lowest BCUT2D eigenvalue weighted by atomic mass is 10.00. The van der Waals surface area contributed by atoms with Crippen molar-refractivity contribution in [1.82, 2.24) is 10.2 Å². The molecule has 1 fully saturated rings.